The highest BCUT2D eigenvalue weighted by Gasteiger charge is 2.16. The van der Waals surface area contributed by atoms with E-state index in [1.807, 2.05) is 12.1 Å². The third kappa shape index (κ3) is 4.95. The third-order valence-corrected chi connectivity index (χ3v) is 4.14. The Morgan fingerprint density at radius 2 is 1.85 bits per heavy atom. The van der Waals surface area contributed by atoms with Gasteiger partial charge in [0.25, 0.3) is 11.6 Å². The van der Waals surface area contributed by atoms with E-state index in [0.717, 1.165) is 18.6 Å². The standard InChI is InChI=1S/C19H20N2O5/c22-19(13-25-18-7-3-4-15(12-18)21(23)24)20-14-8-10-17(11-9-14)26-16-5-1-2-6-16/h3-4,7-12,16H,1-2,5-6,13H2,(H,20,22). The molecule has 1 saturated carbocycles. The highest BCUT2D eigenvalue weighted by Crippen LogP contribution is 2.25. The quantitative estimate of drug-likeness (QED) is 0.599. The topological polar surface area (TPSA) is 90.7 Å². The number of hydrogen-bond donors (Lipinski definition) is 1. The van der Waals surface area contributed by atoms with Crippen LogP contribution in [-0.4, -0.2) is 23.5 Å². The molecule has 3 rings (SSSR count). The number of nitro groups is 1. The van der Waals surface area contributed by atoms with Crippen molar-refractivity contribution in [2.75, 3.05) is 11.9 Å². The number of amides is 1. The van der Waals surface area contributed by atoms with E-state index < -0.39 is 4.92 Å². The van der Waals surface area contributed by atoms with Crippen LogP contribution in [0.2, 0.25) is 0 Å². The van der Waals surface area contributed by atoms with Crippen LogP contribution in [0.3, 0.4) is 0 Å². The van der Waals surface area contributed by atoms with Gasteiger partial charge in [0.15, 0.2) is 6.61 Å². The molecule has 0 unspecified atom stereocenters. The first-order valence-corrected chi connectivity index (χ1v) is 8.54. The number of benzene rings is 2. The van der Waals surface area contributed by atoms with E-state index in [-0.39, 0.29) is 24.0 Å². The molecule has 1 fully saturated rings. The molecule has 0 aliphatic heterocycles. The first kappa shape index (κ1) is 17.7. The number of nitrogens with one attached hydrogen (secondary N) is 1. The predicted octanol–water partition coefficient (Wildman–Crippen LogP) is 3.93. The Morgan fingerprint density at radius 1 is 1.12 bits per heavy atom. The van der Waals surface area contributed by atoms with Gasteiger partial charge >= 0.3 is 0 Å². The van der Waals surface area contributed by atoms with Crippen molar-refractivity contribution in [3.05, 3.63) is 58.6 Å². The number of carbonyl (C=O) groups is 1. The summed E-state index contributed by atoms with van der Waals surface area (Å²) in [6.07, 6.45) is 4.90. The average molecular weight is 356 g/mol. The lowest BCUT2D eigenvalue weighted by Crippen LogP contribution is -2.20. The van der Waals surface area contributed by atoms with Gasteiger partial charge in [-0.1, -0.05) is 6.07 Å². The smallest absolute Gasteiger partial charge is 0.273 e. The molecule has 26 heavy (non-hydrogen) atoms. The molecule has 2 aromatic carbocycles. The van der Waals surface area contributed by atoms with Gasteiger partial charge in [-0.3, -0.25) is 14.9 Å². The Morgan fingerprint density at radius 3 is 2.54 bits per heavy atom. The number of ether oxygens (including phenoxy) is 2. The van der Waals surface area contributed by atoms with Crippen molar-refractivity contribution in [3.63, 3.8) is 0 Å². The lowest BCUT2D eigenvalue weighted by Gasteiger charge is -2.13. The van der Waals surface area contributed by atoms with Crippen LogP contribution in [-0.2, 0) is 4.79 Å². The molecule has 1 amide bonds. The zero-order chi connectivity index (χ0) is 18.4. The molecule has 0 bridgehead atoms. The maximum Gasteiger partial charge on any atom is 0.273 e. The van der Waals surface area contributed by atoms with Crippen molar-refractivity contribution < 1.29 is 19.2 Å². The number of non-ortho nitro benzene ring substituents is 1. The summed E-state index contributed by atoms with van der Waals surface area (Å²) in [6, 6.07) is 12.9. The summed E-state index contributed by atoms with van der Waals surface area (Å²) >= 11 is 0. The lowest BCUT2D eigenvalue weighted by molar-refractivity contribution is -0.384. The Hall–Kier alpha value is -3.09. The summed E-state index contributed by atoms with van der Waals surface area (Å²) < 4.78 is 11.2. The van der Waals surface area contributed by atoms with Gasteiger partial charge in [0, 0.05) is 11.8 Å². The van der Waals surface area contributed by atoms with E-state index in [1.165, 1.54) is 31.0 Å². The van der Waals surface area contributed by atoms with Crippen LogP contribution in [0.4, 0.5) is 11.4 Å². The Balaban J connectivity index is 1.48. The monoisotopic (exact) mass is 356 g/mol. The summed E-state index contributed by atoms with van der Waals surface area (Å²) in [7, 11) is 0. The zero-order valence-corrected chi connectivity index (χ0v) is 14.2. The van der Waals surface area contributed by atoms with Crippen molar-refractivity contribution in [1.29, 1.82) is 0 Å². The van der Waals surface area contributed by atoms with Crippen LogP contribution >= 0.6 is 0 Å². The predicted molar refractivity (Wildman–Crippen MR) is 96.5 cm³/mol. The van der Waals surface area contributed by atoms with E-state index in [1.54, 1.807) is 18.2 Å². The minimum atomic E-state index is -0.512. The van der Waals surface area contributed by atoms with Gasteiger partial charge in [0.05, 0.1) is 17.1 Å². The van der Waals surface area contributed by atoms with Gasteiger partial charge in [0.1, 0.15) is 11.5 Å². The molecule has 7 nitrogen and oxygen atoms in total. The fourth-order valence-electron chi connectivity index (χ4n) is 2.85. The van der Waals surface area contributed by atoms with Gasteiger partial charge in [0.2, 0.25) is 0 Å². The molecule has 1 aliphatic rings. The normalized spacial score (nSPS) is 14.0. The van der Waals surface area contributed by atoms with Crippen molar-refractivity contribution in [2.45, 2.75) is 31.8 Å². The highest BCUT2D eigenvalue weighted by atomic mass is 16.6. The third-order valence-electron chi connectivity index (χ3n) is 4.14. The van der Waals surface area contributed by atoms with Crippen molar-refractivity contribution in [1.82, 2.24) is 0 Å². The first-order valence-electron chi connectivity index (χ1n) is 8.54. The maximum atomic E-state index is 12.0. The second-order valence-electron chi connectivity index (χ2n) is 6.14. The van der Waals surface area contributed by atoms with Gasteiger partial charge in [-0.15, -0.1) is 0 Å². The maximum absolute atomic E-state index is 12.0. The average Bonchev–Trinajstić information content (AvgIpc) is 3.15. The fourth-order valence-corrected chi connectivity index (χ4v) is 2.85. The van der Waals surface area contributed by atoms with Crippen molar-refractivity contribution in [2.24, 2.45) is 0 Å². The molecule has 1 aliphatic carbocycles. The fraction of sp³-hybridized carbons (Fsp3) is 0.316. The van der Waals surface area contributed by atoms with E-state index >= 15 is 0 Å². The molecule has 0 spiro atoms. The van der Waals surface area contributed by atoms with Crippen LogP contribution in [0.5, 0.6) is 11.5 Å². The number of rotatable bonds is 7. The van der Waals surface area contributed by atoms with Gasteiger partial charge < -0.3 is 14.8 Å². The highest BCUT2D eigenvalue weighted by molar-refractivity contribution is 5.91. The Bertz CT molecular complexity index is 770. The van der Waals surface area contributed by atoms with Crippen LogP contribution in [0.1, 0.15) is 25.7 Å². The van der Waals surface area contributed by atoms with E-state index in [4.69, 9.17) is 9.47 Å². The second-order valence-corrected chi connectivity index (χ2v) is 6.14. The van der Waals surface area contributed by atoms with Crippen molar-refractivity contribution in [3.8, 4) is 11.5 Å². The first-order chi connectivity index (χ1) is 12.6. The SMILES string of the molecule is O=C(COc1cccc([N+](=O)[O-])c1)Nc1ccc(OC2CCCC2)cc1. The summed E-state index contributed by atoms with van der Waals surface area (Å²) in [5, 5.41) is 13.4. The van der Waals surface area contributed by atoms with Gasteiger partial charge in [-0.25, -0.2) is 0 Å². The molecule has 7 heteroatoms. The van der Waals surface area contributed by atoms with Crippen LogP contribution in [0.25, 0.3) is 0 Å². The molecule has 1 N–H and O–H groups in total. The number of anilines is 1. The number of nitro benzene ring substituents is 1. The number of nitrogens with zero attached hydrogens (tertiary/aromatic N) is 1. The van der Waals surface area contributed by atoms with E-state index in [0.29, 0.717) is 11.8 Å². The Kier molecular flexibility index (Phi) is 5.68. The summed E-state index contributed by atoms with van der Waals surface area (Å²) in [5.41, 5.74) is 0.553. The molecular formula is C19H20N2O5. The zero-order valence-electron chi connectivity index (χ0n) is 14.2. The summed E-state index contributed by atoms with van der Waals surface area (Å²) in [6.45, 7) is -0.235. The summed E-state index contributed by atoms with van der Waals surface area (Å²) in [4.78, 5) is 22.2. The molecule has 0 radical (unpaired) electrons. The molecule has 0 aromatic heterocycles. The van der Waals surface area contributed by atoms with Gasteiger partial charge in [-0.2, -0.15) is 0 Å². The van der Waals surface area contributed by atoms with E-state index in [9.17, 15) is 14.9 Å². The van der Waals surface area contributed by atoms with Crippen LogP contribution in [0, 0.1) is 10.1 Å². The molecule has 136 valence electrons. The largest absolute Gasteiger partial charge is 0.490 e. The minimum Gasteiger partial charge on any atom is -0.490 e. The molecule has 2 aromatic rings. The molecule has 0 heterocycles. The van der Waals surface area contributed by atoms with Crippen LogP contribution in [0.15, 0.2) is 48.5 Å². The molecule has 0 saturated heterocycles. The number of carbonyl (C=O) groups excluding carboxylic acids is 1. The van der Waals surface area contributed by atoms with Crippen LogP contribution < -0.4 is 14.8 Å². The second kappa shape index (κ2) is 8.33. The molecule has 0 atom stereocenters. The van der Waals surface area contributed by atoms with E-state index in [2.05, 4.69) is 5.32 Å². The number of hydrogen-bond acceptors (Lipinski definition) is 5. The molecular weight excluding hydrogens is 336 g/mol. The lowest BCUT2D eigenvalue weighted by atomic mass is 10.2. The minimum absolute atomic E-state index is 0.0826. The Labute approximate surface area is 151 Å². The summed E-state index contributed by atoms with van der Waals surface area (Å²) in [5.74, 6) is 0.721. The van der Waals surface area contributed by atoms with Gasteiger partial charge in [-0.05, 0) is 56.0 Å². The van der Waals surface area contributed by atoms with Crippen molar-refractivity contribution >= 4 is 17.3 Å².